The fourth-order valence-corrected chi connectivity index (χ4v) is 6.68. The van der Waals surface area contributed by atoms with Gasteiger partial charge >= 0.3 is 5.97 Å². The summed E-state index contributed by atoms with van der Waals surface area (Å²) in [5.41, 5.74) is -0.841. The molecule has 0 aliphatic carbocycles. The number of aliphatic hydroxyl groups is 1. The maximum Gasteiger partial charge on any atom is 0.312 e. The Morgan fingerprint density at radius 3 is 2.66 bits per heavy atom. The summed E-state index contributed by atoms with van der Waals surface area (Å²) < 4.78 is 11.9. The second kappa shape index (κ2) is 9.37. The lowest BCUT2D eigenvalue weighted by Crippen LogP contribution is -2.57. The number of carbonyl (C=O) groups excluding carboxylic acids is 3. The van der Waals surface area contributed by atoms with Crippen molar-refractivity contribution in [3.05, 3.63) is 28.8 Å². The molecule has 3 fully saturated rings. The van der Waals surface area contributed by atoms with Crippen molar-refractivity contribution in [1.82, 2.24) is 4.90 Å². The molecule has 3 aliphatic heterocycles. The zero-order valence-corrected chi connectivity index (χ0v) is 21.7. The third-order valence-corrected chi connectivity index (χ3v) is 8.63. The van der Waals surface area contributed by atoms with E-state index in [1.165, 1.54) is 4.90 Å². The Morgan fingerprint density at radius 1 is 1.34 bits per heavy atom. The van der Waals surface area contributed by atoms with Gasteiger partial charge in [-0.05, 0) is 51.2 Å². The zero-order chi connectivity index (χ0) is 25.7. The summed E-state index contributed by atoms with van der Waals surface area (Å²) in [6, 6.07) is 3.70. The molecule has 9 heteroatoms. The maximum atomic E-state index is 14.1. The van der Waals surface area contributed by atoms with Gasteiger partial charge in [-0.25, -0.2) is 0 Å². The van der Waals surface area contributed by atoms with Crippen LogP contribution in [0.5, 0.6) is 0 Å². The van der Waals surface area contributed by atoms with E-state index in [0.717, 1.165) is 5.56 Å². The molecule has 3 aliphatic rings. The first-order valence-corrected chi connectivity index (χ1v) is 12.8. The van der Waals surface area contributed by atoms with Crippen molar-refractivity contribution in [3.63, 3.8) is 0 Å². The molecule has 35 heavy (non-hydrogen) atoms. The number of hydrogen-bond acceptors (Lipinski definition) is 6. The summed E-state index contributed by atoms with van der Waals surface area (Å²) in [6.45, 7) is 9.18. The van der Waals surface area contributed by atoms with Gasteiger partial charge in [0.2, 0.25) is 11.8 Å². The van der Waals surface area contributed by atoms with Gasteiger partial charge in [0.15, 0.2) is 0 Å². The number of aryl methyl sites for hydroxylation is 1. The molecule has 2 unspecified atom stereocenters. The minimum atomic E-state index is -1.19. The van der Waals surface area contributed by atoms with E-state index in [2.05, 4.69) is 5.32 Å². The summed E-state index contributed by atoms with van der Waals surface area (Å²) in [7, 11) is 0. The first-order chi connectivity index (χ1) is 16.6. The summed E-state index contributed by atoms with van der Waals surface area (Å²) in [5.74, 6) is -3.02. The third-order valence-electron chi connectivity index (χ3n) is 8.32. The molecular weight excluding hydrogens is 472 g/mol. The van der Waals surface area contributed by atoms with Crippen LogP contribution in [0.2, 0.25) is 5.02 Å². The highest BCUT2D eigenvalue weighted by Gasteiger charge is 2.79. The highest BCUT2D eigenvalue weighted by Crippen LogP contribution is 2.63. The van der Waals surface area contributed by atoms with Gasteiger partial charge in [0.1, 0.15) is 17.6 Å². The molecule has 1 spiro atoms. The molecule has 0 aromatic heterocycles. The molecule has 0 radical (unpaired) electrons. The lowest BCUT2D eigenvalue weighted by molar-refractivity contribution is -0.160. The first kappa shape index (κ1) is 25.9. The molecule has 2 N–H and O–H groups in total. The predicted molar refractivity (Wildman–Crippen MR) is 131 cm³/mol. The molecule has 1 aromatic rings. The minimum Gasteiger partial charge on any atom is -0.466 e. The third kappa shape index (κ3) is 3.85. The largest absolute Gasteiger partial charge is 0.466 e. The molecule has 2 amide bonds. The molecule has 7 atom stereocenters. The lowest BCUT2D eigenvalue weighted by atomic mass is 9.66. The average Bonchev–Trinajstić information content (AvgIpc) is 3.38. The van der Waals surface area contributed by atoms with E-state index in [4.69, 9.17) is 21.1 Å². The Bertz CT molecular complexity index is 1010. The number of hydrogen-bond donors (Lipinski definition) is 2. The number of ether oxygens (including phenoxy) is 2. The van der Waals surface area contributed by atoms with Crippen LogP contribution in [0.4, 0.5) is 5.69 Å². The standard InChI is InChI=1S/C26H35ClN2O6/c1-6-14(3)17(13-30)29-21(22(31)28-20-15(4)9-8-10-16(20)27)26-12-11-25(5,35-26)19(18(26)23(29)32)24(33)34-7-2/h8-10,14,17-19,21,30H,6-7,11-13H2,1-5H3,(H,28,31)/t14-,17-,18-,19-,21?,25+,26?/m0/s1. The van der Waals surface area contributed by atoms with Crippen LogP contribution in [0.1, 0.15) is 52.5 Å². The van der Waals surface area contributed by atoms with Crippen molar-refractivity contribution >= 4 is 35.1 Å². The number of amides is 2. The van der Waals surface area contributed by atoms with Crippen LogP contribution in [0.25, 0.3) is 0 Å². The number of fused-ring (bicyclic) bond motifs is 1. The molecular formula is C26H35ClN2O6. The highest BCUT2D eigenvalue weighted by molar-refractivity contribution is 6.34. The Morgan fingerprint density at radius 2 is 2.06 bits per heavy atom. The summed E-state index contributed by atoms with van der Waals surface area (Å²) >= 11 is 6.39. The van der Waals surface area contributed by atoms with Gasteiger partial charge in [-0.2, -0.15) is 0 Å². The number of carbonyl (C=O) groups is 3. The van der Waals surface area contributed by atoms with Crippen LogP contribution < -0.4 is 5.32 Å². The Balaban J connectivity index is 1.82. The first-order valence-electron chi connectivity index (χ1n) is 12.4. The SMILES string of the molecule is CCOC(=O)[C@@H]1[C@H]2C(=O)N([C@@H](CO)[C@@H](C)CC)C(C(=O)Nc3c(C)cccc3Cl)C23CC[C@@]1(C)O3. The fraction of sp³-hybridized carbons (Fsp3) is 0.654. The van der Waals surface area contributed by atoms with Crippen LogP contribution in [0.15, 0.2) is 18.2 Å². The highest BCUT2D eigenvalue weighted by atomic mass is 35.5. The quantitative estimate of drug-likeness (QED) is 0.524. The average molecular weight is 507 g/mol. The Labute approximate surface area is 211 Å². The van der Waals surface area contributed by atoms with E-state index in [9.17, 15) is 19.5 Å². The van der Waals surface area contributed by atoms with Crippen molar-refractivity contribution in [2.24, 2.45) is 17.8 Å². The van der Waals surface area contributed by atoms with Crippen molar-refractivity contribution in [1.29, 1.82) is 0 Å². The predicted octanol–water partition coefficient (Wildman–Crippen LogP) is 3.32. The molecule has 192 valence electrons. The molecule has 8 nitrogen and oxygen atoms in total. The molecule has 3 saturated heterocycles. The number of para-hydroxylation sites is 1. The number of benzene rings is 1. The smallest absolute Gasteiger partial charge is 0.312 e. The minimum absolute atomic E-state index is 0.0784. The second-order valence-electron chi connectivity index (χ2n) is 10.3. The van der Waals surface area contributed by atoms with E-state index in [0.29, 0.717) is 30.0 Å². The van der Waals surface area contributed by atoms with E-state index < -0.39 is 47.0 Å². The number of anilines is 1. The van der Waals surface area contributed by atoms with Gasteiger partial charge in [0.25, 0.3) is 0 Å². The monoisotopic (exact) mass is 506 g/mol. The van der Waals surface area contributed by atoms with Gasteiger partial charge in [0.05, 0.1) is 41.5 Å². The fourth-order valence-electron chi connectivity index (χ4n) is 6.41. The van der Waals surface area contributed by atoms with Crippen LogP contribution >= 0.6 is 11.6 Å². The van der Waals surface area contributed by atoms with Gasteiger partial charge < -0.3 is 24.8 Å². The lowest BCUT2D eigenvalue weighted by Gasteiger charge is -2.39. The maximum absolute atomic E-state index is 14.1. The normalized spacial score (nSPS) is 32.9. The number of rotatable bonds is 8. The Kier molecular flexibility index (Phi) is 6.94. The van der Waals surface area contributed by atoms with Crippen LogP contribution in [-0.4, -0.2) is 64.3 Å². The van der Waals surface area contributed by atoms with Gasteiger partial charge in [0, 0.05) is 0 Å². The van der Waals surface area contributed by atoms with E-state index in [1.807, 2.05) is 33.8 Å². The molecule has 0 saturated carbocycles. The summed E-state index contributed by atoms with van der Waals surface area (Å²) in [6.07, 6.45) is 1.67. The number of likely N-dealkylation sites (tertiary alicyclic amines) is 1. The molecule has 2 bridgehead atoms. The van der Waals surface area contributed by atoms with Gasteiger partial charge in [-0.1, -0.05) is 44.0 Å². The number of esters is 1. The van der Waals surface area contributed by atoms with E-state index in [-0.39, 0.29) is 25.0 Å². The summed E-state index contributed by atoms with van der Waals surface area (Å²) in [4.78, 5) is 42.6. The van der Waals surface area contributed by atoms with Gasteiger partial charge in [-0.3, -0.25) is 14.4 Å². The Hall–Kier alpha value is -2.16. The number of nitrogens with zero attached hydrogens (tertiary/aromatic N) is 1. The molecule has 3 heterocycles. The molecule has 1 aromatic carbocycles. The molecule has 4 rings (SSSR count). The number of halogens is 1. The van der Waals surface area contributed by atoms with Crippen LogP contribution in [0.3, 0.4) is 0 Å². The second-order valence-corrected chi connectivity index (χ2v) is 10.7. The van der Waals surface area contributed by atoms with Crippen LogP contribution in [0, 0.1) is 24.7 Å². The van der Waals surface area contributed by atoms with E-state index in [1.54, 1.807) is 19.1 Å². The van der Waals surface area contributed by atoms with Crippen molar-refractivity contribution in [3.8, 4) is 0 Å². The van der Waals surface area contributed by atoms with Crippen molar-refractivity contribution in [2.45, 2.75) is 77.2 Å². The topological polar surface area (TPSA) is 105 Å². The zero-order valence-electron chi connectivity index (χ0n) is 21.0. The summed E-state index contributed by atoms with van der Waals surface area (Å²) in [5, 5.41) is 13.7. The van der Waals surface area contributed by atoms with Crippen molar-refractivity contribution < 1.29 is 29.0 Å². The van der Waals surface area contributed by atoms with Crippen LogP contribution in [-0.2, 0) is 23.9 Å². The van der Waals surface area contributed by atoms with Gasteiger partial charge in [-0.15, -0.1) is 0 Å². The number of nitrogens with one attached hydrogen (secondary N) is 1. The van der Waals surface area contributed by atoms with E-state index >= 15 is 0 Å². The number of aliphatic hydroxyl groups excluding tert-OH is 1. The van der Waals surface area contributed by atoms with Crippen molar-refractivity contribution in [2.75, 3.05) is 18.5 Å².